The van der Waals surface area contributed by atoms with Gasteiger partial charge in [0.05, 0.1) is 4.92 Å². The molecule has 0 saturated carbocycles. The van der Waals surface area contributed by atoms with Gasteiger partial charge in [0, 0.05) is 22.0 Å². The highest BCUT2D eigenvalue weighted by Crippen LogP contribution is 2.23. The van der Waals surface area contributed by atoms with Crippen LogP contribution < -0.4 is 5.32 Å². The van der Waals surface area contributed by atoms with Gasteiger partial charge in [-0.3, -0.25) is 14.9 Å². The van der Waals surface area contributed by atoms with Gasteiger partial charge in [0.2, 0.25) is 0 Å². The van der Waals surface area contributed by atoms with Crippen LogP contribution in [0.4, 0.5) is 5.69 Å². The van der Waals surface area contributed by atoms with Gasteiger partial charge in [-0.05, 0) is 32.4 Å². The lowest BCUT2D eigenvalue weighted by molar-refractivity contribution is -0.385. The second-order valence-electron chi connectivity index (χ2n) is 4.70. The van der Waals surface area contributed by atoms with E-state index in [0.29, 0.717) is 6.42 Å². The van der Waals surface area contributed by atoms with Crippen LogP contribution in [-0.4, -0.2) is 21.7 Å². The van der Waals surface area contributed by atoms with Crippen molar-refractivity contribution < 1.29 is 9.72 Å². The average Bonchev–Trinajstić information content (AvgIpc) is 2.27. The predicted octanol–water partition coefficient (Wildman–Crippen LogP) is 3.54. The number of nitro benzene ring substituents is 1. The van der Waals surface area contributed by atoms with Crippen molar-refractivity contribution in [1.29, 1.82) is 0 Å². The molecule has 0 aliphatic carbocycles. The summed E-state index contributed by atoms with van der Waals surface area (Å²) in [6.45, 7) is 3.70. The van der Waals surface area contributed by atoms with Crippen LogP contribution in [0.25, 0.3) is 0 Å². The van der Waals surface area contributed by atoms with E-state index in [2.05, 4.69) is 21.2 Å². The molecule has 19 heavy (non-hydrogen) atoms. The van der Waals surface area contributed by atoms with E-state index in [4.69, 9.17) is 11.6 Å². The van der Waals surface area contributed by atoms with Gasteiger partial charge >= 0.3 is 0 Å². The maximum atomic E-state index is 12.1. The zero-order chi connectivity index (χ0) is 14.6. The third kappa shape index (κ3) is 4.47. The van der Waals surface area contributed by atoms with Gasteiger partial charge in [-0.15, -0.1) is 0 Å². The molecule has 0 heterocycles. The van der Waals surface area contributed by atoms with E-state index in [1.165, 1.54) is 18.2 Å². The Morgan fingerprint density at radius 1 is 1.53 bits per heavy atom. The lowest BCUT2D eigenvalue weighted by Gasteiger charge is -2.25. The maximum Gasteiger partial charge on any atom is 0.282 e. The van der Waals surface area contributed by atoms with Crippen molar-refractivity contribution >= 4 is 39.1 Å². The fraction of sp³-hybridized carbons (Fsp3) is 0.417. The average molecular weight is 350 g/mol. The number of alkyl halides is 1. The van der Waals surface area contributed by atoms with E-state index in [-0.39, 0.29) is 16.3 Å². The number of hydrogen-bond donors (Lipinski definition) is 1. The highest BCUT2D eigenvalue weighted by Gasteiger charge is 2.25. The number of nitrogens with zero attached hydrogens (tertiary/aromatic N) is 1. The van der Waals surface area contributed by atoms with Crippen LogP contribution in [0.1, 0.15) is 30.6 Å². The highest BCUT2D eigenvalue weighted by molar-refractivity contribution is 9.09. The summed E-state index contributed by atoms with van der Waals surface area (Å²) < 4.78 is 0. The Kier molecular flexibility index (Phi) is 5.31. The number of carbonyl (C=O) groups is 1. The second kappa shape index (κ2) is 6.34. The van der Waals surface area contributed by atoms with Crippen LogP contribution in [0.5, 0.6) is 0 Å². The molecule has 0 unspecified atom stereocenters. The molecule has 1 rings (SSSR count). The van der Waals surface area contributed by atoms with E-state index < -0.39 is 16.4 Å². The van der Waals surface area contributed by atoms with Crippen molar-refractivity contribution in [3.63, 3.8) is 0 Å². The molecule has 7 heteroatoms. The molecular weight excluding hydrogens is 336 g/mol. The minimum atomic E-state index is -0.595. The number of nitro groups is 1. The number of hydrogen-bond acceptors (Lipinski definition) is 3. The minimum absolute atomic E-state index is 0.0276. The van der Waals surface area contributed by atoms with Gasteiger partial charge in [0.1, 0.15) is 5.56 Å². The van der Waals surface area contributed by atoms with Gasteiger partial charge in [0.25, 0.3) is 11.6 Å². The van der Waals surface area contributed by atoms with E-state index in [9.17, 15) is 14.9 Å². The van der Waals surface area contributed by atoms with Crippen LogP contribution in [0.15, 0.2) is 18.2 Å². The molecule has 1 N–H and O–H groups in total. The number of carbonyl (C=O) groups excluding carboxylic acids is 1. The molecule has 0 spiro atoms. The SMILES string of the molecule is CC(C)(CCBr)NC(=O)c1cc(Cl)ccc1[N+](=O)[O-]. The van der Waals surface area contributed by atoms with Crippen molar-refractivity contribution in [2.24, 2.45) is 0 Å². The zero-order valence-corrected chi connectivity index (χ0v) is 12.9. The summed E-state index contributed by atoms with van der Waals surface area (Å²) in [5.41, 5.74) is -0.742. The zero-order valence-electron chi connectivity index (χ0n) is 10.6. The van der Waals surface area contributed by atoms with Crippen LogP contribution in [0, 0.1) is 10.1 Å². The molecular formula is C12H14BrClN2O3. The quantitative estimate of drug-likeness (QED) is 0.502. The molecule has 0 aliphatic heterocycles. The second-order valence-corrected chi connectivity index (χ2v) is 5.93. The molecule has 1 aromatic carbocycles. The van der Waals surface area contributed by atoms with Gasteiger partial charge < -0.3 is 5.32 Å². The Labute approximate surface area is 124 Å². The topological polar surface area (TPSA) is 72.2 Å². The van der Waals surface area contributed by atoms with Crippen molar-refractivity contribution in [2.75, 3.05) is 5.33 Å². The van der Waals surface area contributed by atoms with Gasteiger partial charge in [-0.1, -0.05) is 27.5 Å². The number of amides is 1. The van der Waals surface area contributed by atoms with E-state index >= 15 is 0 Å². The molecule has 1 aromatic rings. The monoisotopic (exact) mass is 348 g/mol. The first kappa shape index (κ1) is 15.9. The molecule has 5 nitrogen and oxygen atoms in total. The number of rotatable bonds is 5. The highest BCUT2D eigenvalue weighted by atomic mass is 79.9. The summed E-state index contributed by atoms with van der Waals surface area (Å²) in [5.74, 6) is -0.500. The summed E-state index contributed by atoms with van der Waals surface area (Å²) in [6, 6.07) is 3.92. The van der Waals surface area contributed by atoms with Gasteiger partial charge in [-0.25, -0.2) is 0 Å². The normalized spacial score (nSPS) is 11.2. The summed E-state index contributed by atoms with van der Waals surface area (Å²) in [5, 5.41) is 14.7. The lowest BCUT2D eigenvalue weighted by atomic mass is 10.0. The van der Waals surface area contributed by atoms with Gasteiger partial charge in [-0.2, -0.15) is 0 Å². The van der Waals surface area contributed by atoms with Crippen LogP contribution in [-0.2, 0) is 0 Å². The molecule has 0 bridgehead atoms. The number of nitrogens with one attached hydrogen (secondary N) is 1. The Morgan fingerprint density at radius 2 is 2.16 bits per heavy atom. The predicted molar refractivity (Wildman–Crippen MR) is 78.1 cm³/mol. The summed E-state index contributed by atoms with van der Waals surface area (Å²) in [7, 11) is 0. The lowest BCUT2D eigenvalue weighted by Crippen LogP contribution is -2.43. The van der Waals surface area contributed by atoms with E-state index in [0.717, 1.165) is 5.33 Å². The smallest absolute Gasteiger partial charge is 0.282 e. The molecule has 1 amide bonds. The van der Waals surface area contributed by atoms with Crippen molar-refractivity contribution in [1.82, 2.24) is 5.32 Å². The van der Waals surface area contributed by atoms with Crippen LogP contribution in [0.3, 0.4) is 0 Å². The standard InChI is InChI=1S/C12H14BrClN2O3/c1-12(2,5-6-13)15-11(17)9-7-8(14)3-4-10(9)16(18)19/h3-4,7H,5-6H2,1-2H3,(H,15,17). The number of benzene rings is 1. The molecule has 0 saturated heterocycles. The first-order chi connectivity index (χ1) is 8.76. The summed E-state index contributed by atoms with van der Waals surface area (Å²) in [4.78, 5) is 22.4. The van der Waals surface area contributed by atoms with E-state index in [1.54, 1.807) is 0 Å². The first-order valence-electron chi connectivity index (χ1n) is 5.59. The Morgan fingerprint density at radius 3 is 2.68 bits per heavy atom. The largest absolute Gasteiger partial charge is 0.347 e. The Bertz CT molecular complexity index is 506. The van der Waals surface area contributed by atoms with Crippen molar-refractivity contribution in [3.05, 3.63) is 38.9 Å². The Hall–Kier alpha value is -1.14. The third-order valence-electron chi connectivity index (χ3n) is 2.57. The fourth-order valence-corrected chi connectivity index (χ4v) is 2.69. The van der Waals surface area contributed by atoms with Crippen LogP contribution >= 0.6 is 27.5 Å². The third-order valence-corrected chi connectivity index (χ3v) is 3.20. The molecule has 0 aromatic heterocycles. The molecule has 0 aliphatic rings. The fourth-order valence-electron chi connectivity index (χ4n) is 1.52. The minimum Gasteiger partial charge on any atom is -0.347 e. The van der Waals surface area contributed by atoms with Crippen LogP contribution in [0.2, 0.25) is 5.02 Å². The summed E-state index contributed by atoms with van der Waals surface area (Å²) >= 11 is 9.09. The maximum absolute atomic E-state index is 12.1. The van der Waals surface area contributed by atoms with Crippen molar-refractivity contribution in [2.45, 2.75) is 25.8 Å². The Balaban J connectivity index is 3.05. The molecule has 0 radical (unpaired) electrons. The van der Waals surface area contributed by atoms with Crippen molar-refractivity contribution in [3.8, 4) is 0 Å². The molecule has 0 fully saturated rings. The summed E-state index contributed by atoms with van der Waals surface area (Å²) in [6.07, 6.45) is 0.701. The molecule has 104 valence electrons. The molecule has 0 atom stereocenters. The number of halogens is 2. The van der Waals surface area contributed by atoms with E-state index in [1.807, 2.05) is 13.8 Å². The van der Waals surface area contributed by atoms with Gasteiger partial charge in [0.15, 0.2) is 0 Å². The first-order valence-corrected chi connectivity index (χ1v) is 7.09.